The summed E-state index contributed by atoms with van der Waals surface area (Å²) in [5, 5.41) is 5.99. The zero-order chi connectivity index (χ0) is 13.4. The Balaban J connectivity index is 2.40. The zero-order valence-electron chi connectivity index (χ0n) is 10.2. The van der Waals surface area contributed by atoms with Crippen LogP contribution >= 0.6 is 12.2 Å². The number of nitrogens with one attached hydrogen (secondary N) is 4. The fourth-order valence-corrected chi connectivity index (χ4v) is 1.25. The van der Waals surface area contributed by atoms with Gasteiger partial charge in [0.05, 0.1) is 19.3 Å². The summed E-state index contributed by atoms with van der Waals surface area (Å²) in [4.78, 5) is 11.5. The maximum atomic E-state index is 11.5. The molecule has 0 saturated heterocycles. The summed E-state index contributed by atoms with van der Waals surface area (Å²) < 4.78 is 5.15. The Labute approximate surface area is 111 Å². The van der Waals surface area contributed by atoms with Crippen molar-refractivity contribution in [3.8, 4) is 5.75 Å². The minimum absolute atomic E-state index is 0.111. The fraction of sp³-hybridized carbons (Fsp3) is 0.273. The summed E-state index contributed by atoms with van der Waals surface area (Å²) in [6.07, 6.45) is 0. The van der Waals surface area contributed by atoms with Gasteiger partial charge in [0.1, 0.15) is 5.75 Å². The largest absolute Gasteiger partial charge is 0.495 e. The van der Waals surface area contributed by atoms with E-state index in [1.165, 1.54) is 0 Å². The molecule has 7 heteroatoms. The van der Waals surface area contributed by atoms with Crippen LogP contribution in [-0.4, -0.2) is 31.7 Å². The Morgan fingerprint density at radius 1 is 1.33 bits per heavy atom. The van der Waals surface area contributed by atoms with Crippen LogP contribution in [0.4, 0.5) is 5.69 Å². The van der Waals surface area contributed by atoms with E-state index in [-0.39, 0.29) is 12.5 Å². The maximum absolute atomic E-state index is 11.5. The van der Waals surface area contributed by atoms with Crippen LogP contribution < -0.4 is 26.2 Å². The first-order chi connectivity index (χ1) is 8.67. The molecule has 1 rings (SSSR count). The molecule has 0 aromatic heterocycles. The standard InChI is InChI=1S/C11H16N4O2S/c1-12-11(18)15-14-10(16)7-13-8-5-3-4-6-9(8)17-2/h3-6,13H,7H2,1-2H3,(H,14,16)(H2,12,15,18). The predicted octanol–water partition coefficient (Wildman–Crippen LogP) is 0.232. The van der Waals surface area contributed by atoms with Crippen molar-refractivity contribution in [2.75, 3.05) is 26.0 Å². The van der Waals surface area contributed by atoms with Gasteiger partial charge in [-0.05, 0) is 24.4 Å². The number of thiocarbonyl (C=S) groups is 1. The molecular weight excluding hydrogens is 252 g/mol. The van der Waals surface area contributed by atoms with Crippen LogP contribution in [0.3, 0.4) is 0 Å². The molecule has 0 fully saturated rings. The predicted molar refractivity (Wildman–Crippen MR) is 74.4 cm³/mol. The van der Waals surface area contributed by atoms with Gasteiger partial charge in [0.15, 0.2) is 5.11 Å². The smallest absolute Gasteiger partial charge is 0.257 e. The molecule has 0 spiro atoms. The summed E-state index contributed by atoms with van der Waals surface area (Å²) in [5.41, 5.74) is 5.75. The third-order valence-electron chi connectivity index (χ3n) is 2.09. The molecule has 1 aromatic rings. The molecule has 98 valence electrons. The van der Waals surface area contributed by atoms with E-state index in [1.54, 1.807) is 14.2 Å². The summed E-state index contributed by atoms with van der Waals surface area (Å²) in [7, 11) is 3.24. The van der Waals surface area contributed by atoms with Crippen LogP contribution in [-0.2, 0) is 4.79 Å². The Hall–Kier alpha value is -2.02. The number of hydrogen-bond donors (Lipinski definition) is 4. The second kappa shape index (κ2) is 7.33. The van der Waals surface area contributed by atoms with Gasteiger partial charge in [-0.1, -0.05) is 12.1 Å². The van der Waals surface area contributed by atoms with Crippen LogP contribution in [0.2, 0.25) is 0 Å². The molecular formula is C11H16N4O2S. The van der Waals surface area contributed by atoms with Crippen LogP contribution in [0.5, 0.6) is 5.75 Å². The van der Waals surface area contributed by atoms with Crippen molar-refractivity contribution in [2.45, 2.75) is 0 Å². The average molecular weight is 268 g/mol. The Morgan fingerprint density at radius 3 is 2.72 bits per heavy atom. The van der Waals surface area contributed by atoms with E-state index in [0.717, 1.165) is 5.69 Å². The second-order valence-corrected chi connectivity index (χ2v) is 3.71. The van der Waals surface area contributed by atoms with Crippen LogP contribution in [0.15, 0.2) is 24.3 Å². The van der Waals surface area contributed by atoms with E-state index >= 15 is 0 Å². The van der Waals surface area contributed by atoms with E-state index in [2.05, 4.69) is 21.5 Å². The normalized spacial score (nSPS) is 9.22. The first kappa shape index (κ1) is 14.0. The molecule has 0 aliphatic heterocycles. The fourth-order valence-electron chi connectivity index (χ4n) is 1.20. The first-order valence-electron chi connectivity index (χ1n) is 5.31. The van der Waals surface area contributed by atoms with E-state index in [9.17, 15) is 4.79 Å². The summed E-state index contributed by atoms with van der Waals surface area (Å²) in [5.74, 6) is 0.447. The molecule has 0 heterocycles. The van der Waals surface area contributed by atoms with Gasteiger partial charge in [-0.3, -0.25) is 15.6 Å². The van der Waals surface area contributed by atoms with Crippen molar-refractivity contribution in [3.05, 3.63) is 24.3 Å². The highest BCUT2D eigenvalue weighted by Gasteiger charge is 2.04. The van der Waals surface area contributed by atoms with Crippen molar-refractivity contribution in [1.82, 2.24) is 16.2 Å². The molecule has 0 atom stereocenters. The lowest BCUT2D eigenvalue weighted by Gasteiger charge is -2.12. The van der Waals surface area contributed by atoms with E-state index in [0.29, 0.717) is 10.9 Å². The van der Waals surface area contributed by atoms with Crippen molar-refractivity contribution < 1.29 is 9.53 Å². The van der Waals surface area contributed by atoms with Gasteiger partial charge in [-0.15, -0.1) is 0 Å². The minimum Gasteiger partial charge on any atom is -0.495 e. The third kappa shape index (κ3) is 4.46. The van der Waals surface area contributed by atoms with Gasteiger partial charge in [0, 0.05) is 7.05 Å². The molecule has 1 aromatic carbocycles. The van der Waals surface area contributed by atoms with Crippen LogP contribution in [0.25, 0.3) is 0 Å². The number of benzene rings is 1. The van der Waals surface area contributed by atoms with Crippen LogP contribution in [0.1, 0.15) is 0 Å². The lowest BCUT2D eigenvalue weighted by atomic mass is 10.3. The molecule has 4 N–H and O–H groups in total. The van der Waals surface area contributed by atoms with E-state index in [4.69, 9.17) is 17.0 Å². The van der Waals surface area contributed by atoms with E-state index in [1.807, 2.05) is 24.3 Å². The monoisotopic (exact) mass is 268 g/mol. The Morgan fingerprint density at radius 2 is 2.06 bits per heavy atom. The van der Waals surface area contributed by atoms with E-state index < -0.39 is 0 Å². The highest BCUT2D eigenvalue weighted by molar-refractivity contribution is 7.80. The number of anilines is 1. The SMILES string of the molecule is CNC(=S)NNC(=O)CNc1ccccc1OC. The van der Waals surface area contributed by atoms with Crippen molar-refractivity contribution in [1.29, 1.82) is 0 Å². The molecule has 1 amide bonds. The van der Waals surface area contributed by atoms with Gasteiger partial charge in [0.2, 0.25) is 0 Å². The number of carbonyl (C=O) groups is 1. The van der Waals surface area contributed by atoms with Gasteiger partial charge < -0.3 is 15.4 Å². The average Bonchev–Trinajstić information content (AvgIpc) is 2.42. The molecule has 0 saturated carbocycles. The number of methoxy groups -OCH3 is 1. The van der Waals surface area contributed by atoms with Crippen molar-refractivity contribution in [3.63, 3.8) is 0 Å². The lowest BCUT2D eigenvalue weighted by molar-refractivity contribution is -0.119. The molecule has 0 unspecified atom stereocenters. The minimum atomic E-state index is -0.237. The molecule has 0 aliphatic carbocycles. The zero-order valence-corrected chi connectivity index (χ0v) is 11.1. The molecule has 0 radical (unpaired) electrons. The summed E-state index contributed by atoms with van der Waals surface area (Å²) >= 11 is 4.81. The number of amides is 1. The number of hydrazine groups is 1. The molecule has 0 aliphatic rings. The van der Waals surface area contributed by atoms with Crippen molar-refractivity contribution in [2.24, 2.45) is 0 Å². The lowest BCUT2D eigenvalue weighted by Crippen LogP contribution is -2.47. The third-order valence-corrected chi connectivity index (χ3v) is 2.40. The Kier molecular flexibility index (Phi) is 5.72. The second-order valence-electron chi connectivity index (χ2n) is 3.31. The van der Waals surface area contributed by atoms with Gasteiger partial charge in [-0.25, -0.2) is 0 Å². The number of hydrogen-bond acceptors (Lipinski definition) is 4. The van der Waals surface area contributed by atoms with Gasteiger partial charge in [-0.2, -0.15) is 0 Å². The van der Waals surface area contributed by atoms with Gasteiger partial charge >= 0.3 is 0 Å². The molecule has 0 bridgehead atoms. The summed E-state index contributed by atoms with van der Waals surface area (Å²) in [6.45, 7) is 0.111. The first-order valence-corrected chi connectivity index (χ1v) is 5.71. The van der Waals surface area contributed by atoms with Gasteiger partial charge in [0.25, 0.3) is 5.91 Å². The summed E-state index contributed by atoms with van der Waals surface area (Å²) in [6, 6.07) is 7.36. The maximum Gasteiger partial charge on any atom is 0.257 e. The number of rotatable bonds is 4. The van der Waals surface area contributed by atoms with Crippen LogP contribution in [0, 0.1) is 0 Å². The van der Waals surface area contributed by atoms with Crippen molar-refractivity contribution >= 4 is 28.9 Å². The highest BCUT2D eigenvalue weighted by atomic mass is 32.1. The topological polar surface area (TPSA) is 74.4 Å². The molecule has 18 heavy (non-hydrogen) atoms. The molecule has 6 nitrogen and oxygen atoms in total. The quantitative estimate of drug-likeness (QED) is 0.463. The Bertz CT molecular complexity index is 425. The number of para-hydroxylation sites is 2. The number of ether oxygens (including phenoxy) is 1. The highest BCUT2D eigenvalue weighted by Crippen LogP contribution is 2.22. The number of carbonyl (C=O) groups excluding carboxylic acids is 1.